The van der Waals surface area contributed by atoms with E-state index in [0.717, 1.165) is 55.1 Å². The number of pyridine rings is 1. The molecule has 30 heavy (non-hydrogen) atoms. The molecular formula is C22H27N7O. The van der Waals surface area contributed by atoms with E-state index in [2.05, 4.69) is 36.0 Å². The van der Waals surface area contributed by atoms with Gasteiger partial charge in [0.25, 0.3) is 0 Å². The lowest BCUT2D eigenvalue weighted by molar-refractivity contribution is -0.131. The molecule has 0 saturated carbocycles. The number of hydrogen-bond donors (Lipinski definition) is 1. The van der Waals surface area contributed by atoms with E-state index in [1.165, 1.54) is 24.1 Å². The first-order valence-corrected chi connectivity index (χ1v) is 10.9. The number of aryl methyl sites for hydroxylation is 2. The van der Waals surface area contributed by atoms with E-state index in [1.807, 2.05) is 17.2 Å². The summed E-state index contributed by atoms with van der Waals surface area (Å²) in [6, 6.07) is 3.99. The van der Waals surface area contributed by atoms with Crippen LogP contribution in [0.3, 0.4) is 0 Å². The normalized spacial score (nSPS) is 16.1. The summed E-state index contributed by atoms with van der Waals surface area (Å²) in [5, 5.41) is 16.4. The molecule has 1 N–H and O–H groups in total. The zero-order valence-corrected chi connectivity index (χ0v) is 17.2. The number of carbonyl (C=O) groups is 1. The van der Waals surface area contributed by atoms with Gasteiger partial charge in [0.2, 0.25) is 5.91 Å². The van der Waals surface area contributed by atoms with Crippen LogP contribution >= 0.6 is 0 Å². The molecule has 0 fully saturated rings. The van der Waals surface area contributed by atoms with E-state index in [-0.39, 0.29) is 5.91 Å². The molecule has 0 atom stereocenters. The molecular weight excluding hydrogens is 378 g/mol. The maximum atomic E-state index is 12.9. The summed E-state index contributed by atoms with van der Waals surface area (Å²) in [5.74, 6) is 2.11. The smallest absolute Gasteiger partial charge is 0.223 e. The van der Waals surface area contributed by atoms with Gasteiger partial charge in [-0.05, 0) is 42.9 Å². The number of fused-ring (bicyclic) bond motifs is 2. The van der Waals surface area contributed by atoms with Crippen LogP contribution in [0.15, 0.2) is 24.5 Å². The molecule has 5 rings (SSSR count). The molecule has 8 heteroatoms. The van der Waals surface area contributed by atoms with Crippen LogP contribution in [-0.2, 0) is 43.4 Å². The van der Waals surface area contributed by atoms with E-state index in [9.17, 15) is 4.79 Å². The van der Waals surface area contributed by atoms with Gasteiger partial charge in [0.1, 0.15) is 11.6 Å². The standard InChI is InChI=1S/C22H27N7O/c30-22(8-7-19-17-5-1-2-6-18(17)24-25-19)28-11-9-20-26-27-21(29(20)13-12-28)14-16-4-3-10-23-15-16/h3-4,10,15H,1-2,5-9,11-14H2,(H,24,25). The van der Waals surface area contributed by atoms with Crippen LogP contribution in [0.4, 0.5) is 0 Å². The maximum absolute atomic E-state index is 12.9. The number of amides is 1. The highest BCUT2D eigenvalue weighted by atomic mass is 16.2. The monoisotopic (exact) mass is 405 g/mol. The first kappa shape index (κ1) is 19.0. The molecule has 0 radical (unpaired) electrons. The summed E-state index contributed by atoms with van der Waals surface area (Å²) in [7, 11) is 0. The van der Waals surface area contributed by atoms with Gasteiger partial charge < -0.3 is 9.47 Å². The number of nitrogens with zero attached hydrogens (tertiary/aromatic N) is 6. The molecule has 3 aromatic heterocycles. The SMILES string of the molecule is O=C(CCc1n[nH]c2c1CCCC2)N1CCc2nnc(Cc3cccnc3)n2CC1. The van der Waals surface area contributed by atoms with Crippen molar-refractivity contribution in [3.8, 4) is 0 Å². The van der Waals surface area contributed by atoms with Gasteiger partial charge in [0.15, 0.2) is 0 Å². The van der Waals surface area contributed by atoms with Crippen LogP contribution in [0.2, 0.25) is 0 Å². The van der Waals surface area contributed by atoms with Crippen LogP contribution in [0.1, 0.15) is 53.4 Å². The van der Waals surface area contributed by atoms with E-state index >= 15 is 0 Å². The Bertz CT molecular complexity index is 1020. The largest absolute Gasteiger partial charge is 0.340 e. The van der Waals surface area contributed by atoms with Gasteiger partial charge in [-0.2, -0.15) is 5.10 Å². The zero-order chi connectivity index (χ0) is 20.3. The molecule has 4 heterocycles. The average molecular weight is 406 g/mol. The van der Waals surface area contributed by atoms with Crippen molar-refractivity contribution in [2.24, 2.45) is 0 Å². The minimum absolute atomic E-state index is 0.204. The van der Waals surface area contributed by atoms with Gasteiger partial charge in [-0.3, -0.25) is 14.9 Å². The second-order valence-corrected chi connectivity index (χ2v) is 8.19. The van der Waals surface area contributed by atoms with Crippen LogP contribution < -0.4 is 0 Å². The first-order valence-electron chi connectivity index (χ1n) is 10.9. The lowest BCUT2D eigenvalue weighted by Gasteiger charge is -2.20. The van der Waals surface area contributed by atoms with E-state index in [0.29, 0.717) is 25.9 Å². The van der Waals surface area contributed by atoms with Crippen molar-refractivity contribution in [2.75, 3.05) is 13.1 Å². The van der Waals surface area contributed by atoms with E-state index in [1.54, 1.807) is 6.20 Å². The van der Waals surface area contributed by atoms with Gasteiger partial charge in [-0.15, -0.1) is 10.2 Å². The third-order valence-electron chi connectivity index (χ3n) is 6.26. The Labute approximate surface area is 175 Å². The summed E-state index contributed by atoms with van der Waals surface area (Å²) in [6.07, 6.45) is 10.9. The van der Waals surface area contributed by atoms with Crippen molar-refractivity contribution in [1.82, 2.24) is 34.8 Å². The number of rotatable bonds is 5. The number of carbonyl (C=O) groups excluding carboxylic acids is 1. The van der Waals surface area contributed by atoms with Crippen LogP contribution in [0.25, 0.3) is 0 Å². The Kier molecular flexibility index (Phi) is 5.29. The molecule has 0 bridgehead atoms. The molecule has 1 aliphatic heterocycles. The van der Waals surface area contributed by atoms with Gasteiger partial charge in [0, 0.05) is 63.4 Å². The van der Waals surface area contributed by atoms with E-state index < -0.39 is 0 Å². The van der Waals surface area contributed by atoms with Crippen LogP contribution in [0.5, 0.6) is 0 Å². The average Bonchev–Trinajstić information content (AvgIpc) is 3.30. The molecule has 0 aromatic carbocycles. The van der Waals surface area contributed by atoms with Gasteiger partial charge in [0.05, 0.1) is 5.69 Å². The van der Waals surface area contributed by atoms with Crippen molar-refractivity contribution in [3.05, 3.63) is 58.7 Å². The summed E-state index contributed by atoms with van der Waals surface area (Å²) < 4.78 is 2.17. The van der Waals surface area contributed by atoms with Gasteiger partial charge >= 0.3 is 0 Å². The van der Waals surface area contributed by atoms with Crippen LogP contribution in [-0.4, -0.2) is 53.8 Å². The Balaban J connectivity index is 1.20. The van der Waals surface area contributed by atoms with Crippen molar-refractivity contribution in [3.63, 3.8) is 0 Å². The number of H-pyrrole nitrogens is 1. The minimum Gasteiger partial charge on any atom is -0.340 e. The molecule has 0 unspecified atom stereocenters. The zero-order valence-electron chi connectivity index (χ0n) is 17.2. The fraction of sp³-hybridized carbons (Fsp3) is 0.500. The molecule has 0 spiro atoms. The maximum Gasteiger partial charge on any atom is 0.223 e. The second-order valence-electron chi connectivity index (χ2n) is 8.19. The molecule has 156 valence electrons. The van der Waals surface area contributed by atoms with Crippen molar-refractivity contribution >= 4 is 5.91 Å². The van der Waals surface area contributed by atoms with E-state index in [4.69, 9.17) is 0 Å². The summed E-state index contributed by atoms with van der Waals surface area (Å²) in [5.41, 5.74) is 4.84. The second kappa shape index (κ2) is 8.38. The third-order valence-corrected chi connectivity index (χ3v) is 6.26. The van der Waals surface area contributed by atoms with Crippen molar-refractivity contribution in [2.45, 2.75) is 57.9 Å². The highest BCUT2D eigenvalue weighted by Crippen LogP contribution is 2.23. The molecule has 2 aliphatic rings. The lowest BCUT2D eigenvalue weighted by atomic mass is 9.94. The summed E-state index contributed by atoms with van der Waals surface area (Å²) in [4.78, 5) is 19.1. The molecule has 3 aromatic rings. The number of aromatic amines is 1. The third kappa shape index (κ3) is 3.86. The minimum atomic E-state index is 0.204. The molecule has 0 saturated heterocycles. The van der Waals surface area contributed by atoms with Gasteiger partial charge in [-0.25, -0.2) is 0 Å². The first-order chi connectivity index (χ1) is 14.8. The molecule has 8 nitrogen and oxygen atoms in total. The predicted molar refractivity (Wildman–Crippen MR) is 111 cm³/mol. The summed E-state index contributed by atoms with van der Waals surface area (Å²) in [6.45, 7) is 2.13. The quantitative estimate of drug-likeness (QED) is 0.700. The molecule has 1 aliphatic carbocycles. The van der Waals surface area contributed by atoms with Crippen molar-refractivity contribution in [1.29, 1.82) is 0 Å². The number of hydrogen-bond acceptors (Lipinski definition) is 5. The summed E-state index contributed by atoms with van der Waals surface area (Å²) >= 11 is 0. The Morgan fingerprint density at radius 3 is 2.93 bits per heavy atom. The van der Waals surface area contributed by atoms with Crippen molar-refractivity contribution < 1.29 is 4.79 Å². The fourth-order valence-electron chi connectivity index (χ4n) is 4.59. The lowest BCUT2D eigenvalue weighted by Crippen LogP contribution is -2.34. The fourth-order valence-corrected chi connectivity index (χ4v) is 4.59. The Hall–Kier alpha value is -3.03. The Morgan fingerprint density at radius 1 is 1.10 bits per heavy atom. The number of aromatic nitrogens is 6. The highest BCUT2D eigenvalue weighted by molar-refractivity contribution is 5.76. The predicted octanol–water partition coefficient (Wildman–Crippen LogP) is 1.88. The van der Waals surface area contributed by atoms with Gasteiger partial charge in [-0.1, -0.05) is 6.07 Å². The molecule has 1 amide bonds. The number of nitrogens with one attached hydrogen (secondary N) is 1. The Morgan fingerprint density at radius 2 is 2.03 bits per heavy atom. The topological polar surface area (TPSA) is 92.6 Å². The highest BCUT2D eigenvalue weighted by Gasteiger charge is 2.23. The van der Waals surface area contributed by atoms with Crippen LogP contribution in [0, 0.1) is 0 Å².